The highest BCUT2D eigenvalue weighted by molar-refractivity contribution is 7.03. The van der Waals surface area contributed by atoms with Crippen LogP contribution in [0.3, 0.4) is 0 Å². The number of hydrogen-bond acceptors (Lipinski definition) is 3. The molecular weight excluding hydrogens is 132 g/mol. The van der Waals surface area contributed by atoms with Crippen molar-refractivity contribution in [3.8, 4) is 0 Å². The van der Waals surface area contributed by atoms with Gasteiger partial charge in [0.2, 0.25) is 0 Å². The molecule has 0 aliphatic carbocycles. The van der Waals surface area contributed by atoms with Crippen LogP contribution in [0.1, 0.15) is 5.69 Å². The second-order valence-corrected chi connectivity index (χ2v) is 2.89. The molecule has 1 rings (SSSR count). The van der Waals surface area contributed by atoms with Crippen molar-refractivity contribution in [2.75, 3.05) is 14.1 Å². The minimum Gasteiger partial charge on any atom is -0.304 e. The van der Waals surface area contributed by atoms with Gasteiger partial charge >= 0.3 is 0 Å². The highest BCUT2D eigenvalue weighted by Crippen LogP contribution is 2.00. The Morgan fingerprint density at radius 2 is 2.44 bits per heavy atom. The minimum absolute atomic E-state index is 0.948. The molecule has 0 spiro atoms. The van der Waals surface area contributed by atoms with Gasteiger partial charge in [0.05, 0.1) is 5.69 Å². The predicted molar refractivity (Wildman–Crippen MR) is 39.5 cm³/mol. The van der Waals surface area contributed by atoms with Gasteiger partial charge in [-0.2, -0.15) is 4.37 Å². The van der Waals surface area contributed by atoms with Crippen LogP contribution in [0.4, 0.5) is 0 Å². The van der Waals surface area contributed by atoms with Crippen LogP contribution < -0.4 is 0 Å². The van der Waals surface area contributed by atoms with Gasteiger partial charge in [0.15, 0.2) is 0 Å². The number of rotatable bonds is 2. The van der Waals surface area contributed by atoms with Crippen molar-refractivity contribution in [1.29, 1.82) is 0 Å². The van der Waals surface area contributed by atoms with E-state index in [0.29, 0.717) is 0 Å². The maximum atomic E-state index is 4.16. The third-order valence-corrected chi connectivity index (χ3v) is 1.57. The summed E-state index contributed by atoms with van der Waals surface area (Å²) in [6.07, 6.45) is 0. The molecule has 0 unspecified atom stereocenters. The van der Waals surface area contributed by atoms with E-state index in [1.54, 1.807) is 0 Å². The van der Waals surface area contributed by atoms with Gasteiger partial charge in [0.25, 0.3) is 0 Å². The Balaban J connectivity index is 2.48. The highest BCUT2D eigenvalue weighted by atomic mass is 32.1. The predicted octanol–water partition coefficient (Wildman–Crippen LogP) is 1.20. The van der Waals surface area contributed by atoms with Crippen LogP contribution >= 0.6 is 11.5 Å². The lowest BCUT2D eigenvalue weighted by Crippen LogP contribution is -2.10. The topological polar surface area (TPSA) is 16.1 Å². The molecule has 1 aromatic rings. The van der Waals surface area contributed by atoms with Crippen molar-refractivity contribution in [2.24, 2.45) is 0 Å². The van der Waals surface area contributed by atoms with E-state index in [2.05, 4.69) is 9.27 Å². The highest BCUT2D eigenvalue weighted by Gasteiger charge is 1.94. The SMILES string of the molecule is CN(C)Cc1ccsn1. The Morgan fingerprint density at radius 3 is 2.89 bits per heavy atom. The molecule has 0 aromatic carbocycles. The standard InChI is InChI=1S/C6H10N2S/c1-8(2)5-6-3-4-9-7-6/h3-4H,5H2,1-2H3. The molecule has 9 heavy (non-hydrogen) atoms. The van der Waals surface area contributed by atoms with Crippen LogP contribution in [-0.4, -0.2) is 23.4 Å². The van der Waals surface area contributed by atoms with Crippen molar-refractivity contribution in [1.82, 2.24) is 9.27 Å². The molecule has 50 valence electrons. The van der Waals surface area contributed by atoms with E-state index in [9.17, 15) is 0 Å². The van der Waals surface area contributed by atoms with Crippen LogP contribution in [0.5, 0.6) is 0 Å². The molecule has 1 aromatic heterocycles. The van der Waals surface area contributed by atoms with E-state index in [-0.39, 0.29) is 0 Å². The van der Waals surface area contributed by atoms with Crippen molar-refractivity contribution in [3.05, 3.63) is 17.1 Å². The van der Waals surface area contributed by atoms with Crippen molar-refractivity contribution in [3.63, 3.8) is 0 Å². The molecular formula is C6H10N2S. The fourth-order valence-corrected chi connectivity index (χ4v) is 1.18. The van der Waals surface area contributed by atoms with E-state index in [4.69, 9.17) is 0 Å². The first-order valence-corrected chi connectivity index (χ1v) is 3.66. The summed E-state index contributed by atoms with van der Waals surface area (Å²) in [7, 11) is 4.08. The van der Waals surface area contributed by atoms with Gasteiger partial charge in [-0.1, -0.05) is 0 Å². The van der Waals surface area contributed by atoms with Crippen LogP contribution in [0, 0.1) is 0 Å². The van der Waals surface area contributed by atoms with Gasteiger partial charge in [-0.3, -0.25) is 0 Å². The first kappa shape index (κ1) is 6.71. The van der Waals surface area contributed by atoms with Gasteiger partial charge in [-0.05, 0) is 31.7 Å². The fraction of sp³-hybridized carbons (Fsp3) is 0.500. The number of hydrogen-bond donors (Lipinski definition) is 0. The van der Waals surface area contributed by atoms with E-state index >= 15 is 0 Å². The third kappa shape index (κ3) is 2.11. The van der Waals surface area contributed by atoms with Crippen LogP contribution in [-0.2, 0) is 6.54 Å². The Kier molecular flexibility index (Phi) is 2.19. The lowest BCUT2D eigenvalue weighted by molar-refractivity contribution is 0.398. The lowest BCUT2D eigenvalue weighted by Gasteiger charge is -2.04. The second kappa shape index (κ2) is 2.94. The first-order valence-electron chi connectivity index (χ1n) is 2.83. The minimum atomic E-state index is 0.948. The molecule has 0 fully saturated rings. The Labute approximate surface area is 59.3 Å². The first-order chi connectivity index (χ1) is 4.29. The molecule has 0 radical (unpaired) electrons. The maximum absolute atomic E-state index is 4.16. The zero-order valence-corrected chi connectivity index (χ0v) is 6.48. The third-order valence-electron chi connectivity index (χ3n) is 0.969. The number of nitrogens with zero attached hydrogens (tertiary/aromatic N) is 2. The summed E-state index contributed by atoms with van der Waals surface area (Å²) in [5.74, 6) is 0. The van der Waals surface area contributed by atoms with E-state index in [1.165, 1.54) is 11.5 Å². The van der Waals surface area contributed by atoms with E-state index in [0.717, 1.165) is 12.2 Å². The molecule has 0 amide bonds. The van der Waals surface area contributed by atoms with Crippen molar-refractivity contribution < 1.29 is 0 Å². The fourth-order valence-electron chi connectivity index (χ4n) is 0.643. The van der Waals surface area contributed by atoms with Crippen molar-refractivity contribution in [2.45, 2.75) is 6.54 Å². The van der Waals surface area contributed by atoms with Crippen LogP contribution in [0.2, 0.25) is 0 Å². The normalized spacial score (nSPS) is 10.6. The largest absolute Gasteiger partial charge is 0.304 e. The maximum Gasteiger partial charge on any atom is 0.0682 e. The quantitative estimate of drug-likeness (QED) is 0.617. The Hall–Kier alpha value is -0.410. The zero-order valence-electron chi connectivity index (χ0n) is 5.66. The molecule has 0 saturated carbocycles. The Morgan fingerprint density at radius 1 is 1.67 bits per heavy atom. The summed E-state index contributed by atoms with van der Waals surface area (Å²) in [6.45, 7) is 0.948. The molecule has 2 nitrogen and oxygen atoms in total. The monoisotopic (exact) mass is 142 g/mol. The Bertz CT molecular complexity index is 158. The van der Waals surface area contributed by atoms with E-state index < -0.39 is 0 Å². The average Bonchev–Trinajstić information content (AvgIpc) is 2.15. The van der Waals surface area contributed by atoms with Gasteiger partial charge < -0.3 is 4.90 Å². The van der Waals surface area contributed by atoms with Crippen LogP contribution in [0.15, 0.2) is 11.4 Å². The van der Waals surface area contributed by atoms with Crippen LogP contribution in [0.25, 0.3) is 0 Å². The summed E-state index contributed by atoms with van der Waals surface area (Å²) < 4.78 is 4.16. The van der Waals surface area contributed by atoms with Gasteiger partial charge in [-0.25, -0.2) is 0 Å². The molecule has 0 bridgehead atoms. The van der Waals surface area contributed by atoms with Crippen molar-refractivity contribution >= 4 is 11.5 Å². The molecule has 0 saturated heterocycles. The summed E-state index contributed by atoms with van der Waals surface area (Å²) in [6, 6.07) is 2.05. The van der Waals surface area contributed by atoms with Gasteiger partial charge in [-0.15, -0.1) is 0 Å². The molecule has 0 aliphatic heterocycles. The average molecular weight is 142 g/mol. The molecule has 1 heterocycles. The number of aromatic nitrogens is 1. The van der Waals surface area contributed by atoms with Gasteiger partial charge in [0.1, 0.15) is 0 Å². The molecule has 0 aliphatic rings. The summed E-state index contributed by atoms with van der Waals surface area (Å²) >= 11 is 1.50. The molecule has 0 atom stereocenters. The zero-order chi connectivity index (χ0) is 6.69. The summed E-state index contributed by atoms with van der Waals surface area (Å²) in [5, 5.41) is 2.00. The summed E-state index contributed by atoms with van der Waals surface area (Å²) in [5.41, 5.74) is 1.16. The molecule has 3 heteroatoms. The lowest BCUT2D eigenvalue weighted by atomic mass is 10.4. The van der Waals surface area contributed by atoms with E-state index in [1.807, 2.05) is 25.5 Å². The van der Waals surface area contributed by atoms with Gasteiger partial charge in [0, 0.05) is 11.9 Å². The second-order valence-electron chi connectivity index (χ2n) is 2.23. The molecule has 0 N–H and O–H groups in total. The summed E-state index contributed by atoms with van der Waals surface area (Å²) in [4.78, 5) is 2.11. The smallest absolute Gasteiger partial charge is 0.0682 e.